The van der Waals surface area contributed by atoms with Crippen LogP contribution < -0.4 is 4.90 Å². The highest BCUT2D eigenvalue weighted by atomic mass is 32.1. The number of hydrogen-bond acceptors (Lipinski definition) is 4. The zero-order valence-electron chi connectivity index (χ0n) is 15.6. The Labute approximate surface area is 166 Å². The number of anilines is 1. The fourth-order valence-electron chi connectivity index (χ4n) is 3.10. The molecule has 0 fully saturated rings. The van der Waals surface area contributed by atoms with Crippen LogP contribution in [0, 0.1) is 19.7 Å². The second kappa shape index (κ2) is 7.52. The van der Waals surface area contributed by atoms with Gasteiger partial charge in [0.1, 0.15) is 17.9 Å². The van der Waals surface area contributed by atoms with Crippen molar-refractivity contribution in [2.24, 2.45) is 0 Å². The van der Waals surface area contributed by atoms with E-state index in [0.29, 0.717) is 21.9 Å². The van der Waals surface area contributed by atoms with Crippen LogP contribution in [0.5, 0.6) is 0 Å². The van der Waals surface area contributed by atoms with Gasteiger partial charge in [-0.2, -0.15) is 5.10 Å². The Kier molecular flexibility index (Phi) is 4.92. The zero-order chi connectivity index (χ0) is 19.7. The summed E-state index contributed by atoms with van der Waals surface area (Å²) < 4.78 is 16.5. The Balaban J connectivity index is 1.71. The summed E-state index contributed by atoms with van der Waals surface area (Å²) in [4.78, 5) is 19.2. The first-order chi connectivity index (χ1) is 13.5. The molecule has 0 spiro atoms. The number of benzene rings is 2. The van der Waals surface area contributed by atoms with Crippen molar-refractivity contribution in [2.45, 2.75) is 26.9 Å². The summed E-state index contributed by atoms with van der Waals surface area (Å²) in [5, 5.41) is 4.86. The summed E-state index contributed by atoms with van der Waals surface area (Å²) in [6.45, 7) is 4.28. The van der Waals surface area contributed by atoms with Crippen molar-refractivity contribution >= 4 is 32.6 Å². The van der Waals surface area contributed by atoms with Gasteiger partial charge in [0.15, 0.2) is 5.13 Å². The molecule has 7 heteroatoms. The summed E-state index contributed by atoms with van der Waals surface area (Å²) >= 11 is 1.31. The highest BCUT2D eigenvalue weighted by Gasteiger charge is 2.22. The van der Waals surface area contributed by atoms with Crippen molar-refractivity contribution in [1.82, 2.24) is 14.8 Å². The van der Waals surface area contributed by atoms with Crippen molar-refractivity contribution in [1.29, 1.82) is 0 Å². The van der Waals surface area contributed by atoms with Gasteiger partial charge >= 0.3 is 0 Å². The molecule has 28 heavy (non-hydrogen) atoms. The molecule has 0 N–H and O–H groups in total. The maximum atomic E-state index is 14.1. The molecule has 5 nitrogen and oxygen atoms in total. The van der Waals surface area contributed by atoms with E-state index < -0.39 is 0 Å². The van der Waals surface area contributed by atoms with Crippen LogP contribution in [-0.4, -0.2) is 20.7 Å². The van der Waals surface area contributed by atoms with Gasteiger partial charge < -0.3 is 0 Å². The third-order valence-corrected chi connectivity index (χ3v) is 5.51. The van der Waals surface area contributed by atoms with Crippen molar-refractivity contribution in [3.63, 3.8) is 0 Å². The van der Waals surface area contributed by atoms with Crippen LogP contribution in [0.1, 0.15) is 17.0 Å². The van der Waals surface area contributed by atoms with Crippen molar-refractivity contribution in [2.75, 3.05) is 4.90 Å². The number of para-hydroxylation sites is 1. The average Bonchev–Trinajstić information content (AvgIpc) is 3.24. The van der Waals surface area contributed by atoms with E-state index in [9.17, 15) is 9.18 Å². The maximum absolute atomic E-state index is 14.1. The topological polar surface area (TPSA) is 51.0 Å². The first-order valence-corrected chi connectivity index (χ1v) is 9.73. The number of nitrogens with zero attached hydrogens (tertiary/aromatic N) is 4. The van der Waals surface area contributed by atoms with Gasteiger partial charge in [-0.3, -0.25) is 14.4 Å². The summed E-state index contributed by atoms with van der Waals surface area (Å²) in [6.07, 6.45) is 0. The standard InChI is InChI=1S/C21H19FN4OS/c1-14-11-15(2)26(24-14)13-19(27)25(12-16-7-4-3-5-8-16)21-23-20-17(22)9-6-10-18(20)28-21/h3-11H,12-13H2,1-2H3. The van der Waals surface area contributed by atoms with Gasteiger partial charge in [-0.25, -0.2) is 9.37 Å². The number of thiazole rings is 1. The highest BCUT2D eigenvalue weighted by molar-refractivity contribution is 7.22. The van der Waals surface area contributed by atoms with E-state index in [-0.39, 0.29) is 18.3 Å². The zero-order valence-corrected chi connectivity index (χ0v) is 16.4. The van der Waals surface area contributed by atoms with Crippen LogP contribution in [0.25, 0.3) is 10.2 Å². The predicted octanol–water partition coefficient (Wildman–Crippen LogP) is 4.48. The number of aryl methyl sites for hydroxylation is 2. The number of amides is 1. The minimum Gasteiger partial charge on any atom is -0.282 e. The molecule has 0 unspecified atom stereocenters. The van der Waals surface area contributed by atoms with Gasteiger partial charge in [0, 0.05) is 5.69 Å². The molecule has 4 aromatic rings. The van der Waals surface area contributed by atoms with E-state index in [0.717, 1.165) is 17.0 Å². The van der Waals surface area contributed by atoms with E-state index in [2.05, 4.69) is 10.1 Å². The van der Waals surface area contributed by atoms with Crippen LogP contribution in [0.3, 0.4) is 0 Å². The van der Waals surface area contributed by atoms with Gasteiger partial charge in [0.05, 0.1) is 16.9 Å². The van der Waals surface area contributed by atoms with Crippen molar-refractivity contribution in [3.05, 3.63) is 77.4 Å². The molecule has 0 saturated carbocycles. The second-order valence-electron chi connectivity index (χ2n) is 6.63. The quantitative estimate of drug-likeness (QED) is 0.501. The Bertz CT molecular complexity index is 1140. The molecule has 0 bridgehead atoms. The van der Waals surface area contributed by atoms with Crippen LogP contribution in [0.4, 0.5) is 9.52 Å². The molecular formula is C21H19FN4OS. The van der Waals surface area contributed by atoms with Crippen molar-refractivity contribution in [3.8, 4) is 0 Å². The maximum Gasteiger partial charge on any atom is 0.250 e. The van der Waals surface area contributed by atoms with Crippen LogP contribution in [0.15, 0.2) is 54.6 Å². The molecule has 2 heterocycles. The van der Waals surface area contributed by atoms with E-state index in [1.807, 2.05) is 56.3 Å². The predicted molar refractivity (Wildman–Crippen MR) is 109 cm³/mol. The lowest BCUT2D eigenvalue weighted by atomic mass is 10.2. The largest absolute Gasteiger partial charge is 0.282 e. The number of hydrogen-bond donors (Lipinski definition) is 0. The fourth-order valence-corrected chi connectivity index (χ4v) is 4.09. The molecule has 2 aromatic carbocycles. The number of carbonyl (C=O) groups excluding carboxylic acids is 1. The molecule has 1 amide bonds. The molecule has 0 aliphatic rings. The third kappa shape index (κ3) is 3.66. The molecule has 0 aliphatic carbocycles. The Morgan fingerprint density at radius 1 is 1.14 bits per heavy atom. The first kappa shape index (κ1) is 18.3. The second-order valence-corrected chi connectivity index (χ2v) is 7.64. The van der Waals surface area contributed by atoms with Crippen LogP contribution >= 0.6 is 11.3 Å². The Morgan fingerprint density at radius 3 is 2.61 bits per heavy atom. The minimum absolute atomic E-state index is 0.102. The SMILES string of the molecule is Cc1cc(C)n(CC(=O)N(Cc2ccccc2)c2nc3c(F)cccc3s2)n1. The molecule has 142 valence electrons. The number of aromatic nitrogens is 3. The lowest BCUT2D eigenvalue weighted by Crippen LogP contribution is -2.34. The summed E-state index contributed by atoms with van der Waals surface area (Å²) in [5.74, 6) is -0.528. The van der Waals surface area contributed by atoms with Crippen LogP contribution in [0.2, 0.25) is 0 Å². The lowest BCUT2D eigenvalue weighted by molar-refractivity contribution is -0.119. The monoisotopic (exact) mass is 394 g/mol. The smallest absolute Gasteiger partial charge is 0.250 e. The Morgan fingerprint density at radius 2 is 1.93 bits per heavy atom. The highest BCUT2D eigenvalue weighted by Crippen LogP contribution is 2.31. The normalized spacial score (nSPS) is 11.1. The summed E-state index contributed by atoms with van der Waals surface area (Å²) in [7, 11) is 0. The van der Waals surface area contributed by atoms with Gasteiger partial charge in [-0.15, -0.1) is 0 Å². The van der Waals surface area contributed by atoms with E-state index in [1.165, 1.54) is 17.4 Å². The van der Waals surface area contributed by atoms with Gasteiger partial charge in [0.25, 0.3) is 5.91 Å². The van der Waals surface area contributed by atoms with Gasteiger partial charge in [-0.05, 0) is 37.6 Å². The summed E-state index contributed by atoms with van der Waals surface area (Å²) in [6, 6.07) is 16.5. The molecule has 4 rings (SSSR count). The van der Waals surface area contributed by atoms with Crippen molar-refractivity contribution < 1.29 is 9.18 Å². The number of carbonyl (C=O) groups is 1. The molecule has 0 saturated heterocycles. The van der Waals surface area contributed by atoms with Gasteiger partial charge in [0.2, 0.25) is 0 Å². The number of rotatable bonds is 5. The fraction of sp³-hybridized carbons (Fsp3) is 0.190. The third-order valence-electron chi connectivity index (χ3n) is 4.46. The van der Waals surface area contributed by atoms with E-state index in [1.54, 1.807) is 15.6 Å². The van der Waals surface area contributed by atoms with E-state index in [4.69, 9.17) is 0 Å². The first-order valence-electron chi connectivity index (χ1n) is 8.91. The van der Waals surface area contributed by atoms with E-state index >= 15 is 0 Å². The number of halogens is 1. The number of fused-ring (bicyclic) bond motifs is 1. The van der Waals surface area contributed by atoms with Crippen LogP contribution in [-0.2, 0) is 17.9 Å². The Hall–Kier alpha value is -3.06. The molecule has 0 atom stereocenters. The summed E-state index contributed by atoms with van der Waals surface area (Å²) in [5.41, 5.74) is 3.05. The minimum atomic E-state index is -0.384. The van der Waals surface area contributed by atoms with Gasteiger partial charge in [-0.1, -0.05) is 47.7 Å². The molecule has 0 radical (unpaired) electrons. The molecule has 2 aromatic heterocycles. The molecule has 0 aliphatic heterocycles. The molecular weight excluding hydrogens is 375 g/mol. The average molecular weight is 394 g/mol. The lowest BCUT2D eigenvalue weighted by Gasteiger charge is -2.20.